The van der Waals surface area contributed by atoms with Gasteiger partial charge < -0.3 is 15.7 Å². The second-order valence-corrected chi connectivity index (χ2v) is 7.79. The molecule has 0 aliphatic heterocycles. The number of aliphatic carboxylic acids is 1. The molecule has 2 aromatic rings. The lowest BCUT2D eigenvalue weighted by molar-refractivity contribution is -0.131. The highest BCUT2D eigenvalue weighted by molar-refractivity contribution is 8.00. The van der Waals surface area contributed by atoms with E-state index in [0.29, 0.717) is 12.1 Å². The van der Waals surface area contributed by atoms with Crippen LogP contribution in [-0.4, -0.2) is 28.1 Å². The van der Waals surface area contributed by atoms with E-state index in [1.807, 2.05) is 45.0 Å². The average Bonchev–Trinajstić information content (AvgIpc) is 2.67. The maximum atomic E-state index is 12.8. The van der Waals surface area contributed by atoms with E-state index >= 15 is 0 Å². The number of nitrogens with one attached hydrogen (secondary N) is 2. The smallest absolute Gasteiger partial charge is 0.328 e. The van der Waals surface area contributed by atoms with Gasteiger partial charge in [0.1, 0.15) is 0 Å². The SMILES string of the molecule is CCC(Sc1cccc(NC(=O)/C=C/C(=O)O)c1)C(=O)Nc1cc(C)ccc1C. The molecule has 0 fully saturated rings. The van der Waals surface area contributed by atoms with E-state index in [-0.39, 0.29) is 11.2 Å². The molecule has 0 bridgehead atoms. The van der Waals surface area contributed by atoms with Crippen molar-refractivity contribution < 1.29 is 19.5 Å². The maximum Gasteiger partial charge on any atom is 0.328 e. The second kappa shape index (κ2) is 10.5. The normalized spacial score (nSPS) is 11.8. The van der Waals surface area contributed by atoms with Gasteiger partial charge in [0.2, 0.25) is 11.8 Å². The van der Waals surface area contributed by atoms with Crippen LogP contribution < -0.4 is 10.6 Å². The maximum absolute atomic E-state index is 12.8. The summed E-state index contributed by atoms with van der Waals surface area (Å²) in [4.78, 5) is 35.8. The molecule has 0 aliphatic rings. The number of carboxylic acid groups (broad SMARTS) is 1. The van der Waals surface area contributed by atoms with Crippen LogP contribution in [0.4, 0.5) is 11.4 Å². The second-order valence-electron chi connectivity index (χ2n) is 6.51. The topological polar surface area (TPSA) is 95.5 Å². The molecule has 0 aromatic heterocycles. The minimum absolute atomic E-state index is 0.0787. The van der Waals surface area contributed by atoms with Crippen LogP contribution in [0, 0.1) is 13.8 Å². The highest BCUT2D eigenvalue weighted by atomic mass is 32.2. The number of carbonyl (C=O) groups is 3. The number of hydrogen-bond donors (Lipinski definition) is 3. The van der Waals surface area contributed by atoms with E-state index in [1.54, 1.807) is 18.2 Å². The van der Waals surface area contributed by atoms with Crippen molar-refractivity contribution in [3.8, 4) is 0 Å². The Morgan fingerprint density at radius 2 is 1.83 bits per heavy atom. The summed E-state index contributed by atoms with van der Waals surface area (Å²) in [6, 6.07) is 13.0. The number of benzene rings is 2. The largest absolute Gasteiger partial charge is 0.478 e. The number of anilines is 2. The zero-order chi connectivity index (χ0) is 21.4. The van der Waals surface area contributed by atoms with Crippen LogP contribution in [0.1, 0.15) is 24.5 Å². The first kappa shape index (κ1) is 22.2. The summed E-state index contributed by atoms with van der Waals surface area (Å²) in [5.41, 5.74) is 3.41. The molecule has 0 radical (unpaired) electrons. The zero-order valence-electron chi connectivity index (χ0n) is 16.6. The molecule has 2 aromatic carbocycles. The van der Waals surface area contributed by atoms with Crippen LogP contribution in [-0.2, 0) is 14.4 Å². The molecular weight excluding hydrogens is 388 g/mol. The van der Waals surface area contributed by atoms with Crippen LogP contribution in [0.25, 0.3) is 0 Å². The molecule has 0 aliphatic carbocycles. The number of rotatable bonds is 8. The Morgan fingerprint density at radius 3 is 2.52 bits per heavy atom. The third-order valence-electron chi connectivity index (χ3n) is 4.07. The predicted molar refractivity (Wildman–Crippen MR) is 116 cm³/mol. The molecular formula is C22H24N2O4S. The highest BCUT2D eigenvalue weighted by Gasteiger charge is 2.19. The van der Waals surface area contributed by atoms with Gasteiger partial charge in [-0.3, -0.25) is 9.59 Å². The lowest BCUT2D eigenvalue weighted by Gasteiger charge is -2.17. The van der Waals surface area contributed by atoms with Crippen molar-refractivity contribution in [2.24, 2.45) is 0 Å². The van der Waals surface area contributed by atoms with E-state index in [1.165, 1.54) is 11.8 Å². The van der Waals surface area contributed by atoms with Crippen LogP contribution >= 0.6 is 11.8 Å². The van der Waals surface area contributed by atoms with E-state index in [9.17, 15) is 14.4 Å². The van der Waals surface area contributed by atoms with Crippen molar-refractivity contribution >= 4 is 40.9 Å². The highest BCUT2D eigenvalue weighted by Crippen LogP contribution is 2.29. The molecule has 1 atom stereocenters. The van der Waals surface area contributed by atoms with Crippen molar-refractivity contribution in [2.75, 3.05) is 10.6 Å². The van der Waals surface area contributed by atoms with Crippen molar-refractivity contribution in [1.29, 1.82) is 0 Å². The van der Waals surface area contributed by atoms with Gasteiger partial charge in [-0.15, -0.1) is 11.8 Å². The minimum atomic E-state index is -1.19. The summed E-state index contributed by atoms with van der Waals surface area (Å²) >= 11 is 1.41. The fourth-order valence-corrected chi connectivity index (χ4v) is 3.56. The first-order chi connectivity index (χ1) is 13.8. The van der Waals surface area contributed by atoms with Crippen LogP contribution in [0.3, 0.4) is 0 Å². The summed E-state index contributed by atoms with van der Waals surface area (Å²) in [5, 5.41) is 13.9. The molecule has 0 saturated carbocycles. The van der Waals surface area contributed by atoms with E-state index in [2.05, 4.69) is 10.6 Å². The number of carboxylic acids is 1. The minimum Gasteiger partial charge on any atom is -0.478 e. The number of aryl methyl sites for hydroxylation is 2. The lowest BCUT2D eigenvalue weighted by Crippen LogP contribution is -2.25. The van der Waals surface area contributed by atoms with Crippen molar-refractivity contribution in [3.63, 3.8) is 0 Å². The molecule has 3 N–H and O–H groups in total. The summed E-state index contributed by atoms with van der Waals surface area (Å²) in [7, 11) is 0. The molecule has 29 heavy (non-hydrogen) atoms. The summed E-state index contributed by atoms with van der Waals surface area (Å²) in [6.07, 6.45) is 2.37. The third-order valence-corrected chi connectivity index (χ3v) is 5.43. The molecule has 1 unspecified atom stereocenters. The summed E-state index contributed by atoms with van der Waals surface area (Å²) in [5.74, 6) is -1.80. The monoisotopic (exact) mass is 412 g/mol. The Kier molecular flexibility index (Phi) is 8.03. The lowest BCUT2D eigenvalue weighted by atomic mass is 10.1. The van der Waals surface area contributed by atoms with Crippen molar-refractivity contribution in [1.82, 2.24) is 0 Å². The molecule has 7 heteroatoms. The molecule has 6 nitrogen and oxygen atoms in total. The summed E-state index contributed by atoms with van der Waals surface area (Å²) < 4.78 is 0. The van der Waals surface area contributed by atoms with Crippen molar-refractivity contribution in [3.05, 3.63) is 65.7 Å². The number of hydrogen-bond acceptors (Lipinski definition) is 4. The summed E-state index contributed by atoms with van der Waals surface area (Å²) in [6.45, 7) is 5.88. The fourth-order valence-electron chi connectivity index (χ4n) is 2.55. The van der Waals surface area contributed by atoms with Gasteiger partial charge in [0.25, 0.3) is 0 Å². The van der Waals surface area contributed by atoms with Gasteiger partial charge in [0, 0.05) is 28.4 Å². The van der Waals surface area contributed by atoms with Gasteiger partial charge in [-0.2, -0.15) is 0 Å². The van der Waals surface area contributed by atoms with Crippen LogP contribution in [0.2, 0.25) is 0 Å². The Hall–Kier alpha value is -3.06. The zero-order valence-corrected chi connectivity index (χ0v) is 17.4. The van der Waals surface area contributed by atoms with Gasteiger partial charge in [-0.05, 0) is 55.7 Å². The number of thioether (sulfide) groups is 1. The van der Waals surface area contributed by atoms with Gasteiger partial charge >= 0.3 is 5.97 Å². The average molecular weight is 413 g/mol. The van der Waals surface area contributed by atoms with E-state index < -0.39 is 11.9 Å². The predicted octanol–water partition coefficient (Wildman–Crippen LogP) is 4.39. The standard InChI is InChI=1S/C22H24N2O4S/c1-4-19(22(28)24-18-12-14(2)8-9-15(18)3)29-17-7-5-6-16(13-17)23-20(25)10-11-21(26)27/h5-13,19H,4H2,1-3H3,(H,23,25)(H,24,28)(H,26,27)/b11-10+. The van der Waals surface area contributed by atoms with Crippen LogP contribution in [0.5, 0.6) is 0 Å². The Bertz CT molecular complexity index is 940. The van der Waals surface area contributed by atoms with Gasteiger partial charge in [-0.1, -0.05) is 25.1 Å². The van der Waals surface area contributed by atoms with E-state index in [4.69, 9.17) is 5.11 Å². The molecule has 152 valence electrons. The quantitative estimate of drug-likeness (QED) is 0.441. The Labute approximate surface area is 174 Å². The molecule has 0 heterocycles. The van der Waals surface area contributed by atoms with Crippen LogP contribution in [0.15, 0.2) is 59.5 Å². The fraction of sp³-hybridized carbons (Fsp3) is 0.227. The molecule has 0 saturated heterocycles. The number of carbonyl (C=O) groups excluding carboxylic acids is 2. The third kappa shape index (κ3) is 7.12. The Morgan fingerprint density at radius 1 is 1.07 bits per heavy atom. The van der Waals surface area contributed by atoms with Gasteiger partial charge in [-0.25, -0.2) is 4.79 Å². The Balaban J connectivity index is 2.06. The van der Waals surface area contributed by atoms with Crippen molar-refractivity contribution in [2.45, 2.75) is 37.3 Å². The number of amides is 2. The first-order valence-corrected chi connectivity index (χ1v) is 10.0. The van der Waals surface area contributed by atoms with Gasteiger partial charge in [0.05, 0.1) is 5.25 Å². The van der Waals surface area contributed by atoms with E-state index in [0.717, 1.165) is 33.9 Å². The van der Waals surface area contributed by atoms with Gasteiger partial charge in [0.15, 0.2) is 0 Å². The molecule has 2 rings (SSSR count). The first-order valence-electron chi connectivity index (χ1n) is 9.15. The molecule has 0 spiro atoms. The molecule has 2 amide bonds.